The smallest absolute Gasteiger partial charge is 0.344 e. The molecule has 0 spiro atoms. The predicted molar refractivity (Wildman–Crippen MR) is 115 cm³/mol. The second kappa shape index (κ2) is 6.78. The van der Waals surface area contributed by atoms with E-state index in [9.17, 15) is 24.8 Å². The minimum Gasteiger partial charge on any atom is -0.507 e. The van der Waals surface area contributed by atoms with Crippen LogP contribution in [0.15, 0.2) is 63.0 Å². The molecule has 8 heteroatoms. The van der Waals surface area contributed by atoms with Crippen molar-refractivity contribution in [2.75, 3.05) is 0 Å². The number of nitro benzene ring substituents is 1. The van der Waals surface area contributed by atoms with Crippen LogP contribution in [0.1, 0.15) is 43.7 Å². The highest BCUT2D eigenvalue weighted by molar-refractivity contribution is 6.00. The monoisotopic (exact) mass is 433 g/mol. The number of nitro groups is 1. The third-order valence-corrected chi connectivity index (χ3v) is 6.02. The summed E-state index contributed by atoms with van der Waals surface area (Å²) < 4.78 is 11.5. The first-order valence-electron chi connectivity index (χ1n) is 10.1. The molecule has 0 bridgehead atoms. The number of ketones is 1. The van der Waals surface area contributed by atoms with Crippen LogP contribution in [-0.2, 0) is 4.79 Å². The maximum absolute atomic E-state index is 13.3. The van der Waals surface area contributed by atoms with Gasteiger partial charge in [0.2, 0.25) is 0 Å². The van der Waals surface area contributed by atoms with Crippen molar-refractivity contribution in [3.8, 4) is 11.5 Å². The Balaban J connectivity index is 1.85. The standard InChI is InChI=1S/C24H19NO7/c1-24(2)10-15(26)20-18(11-24)31-17-8-7-12(25(29)30)9-14(17)19(20)21-22(27)13-5-3-4-6-16(13)32-23(21)28/h3-9,19,27H,10-11H2,1-2H3. The summed E-state index contributed by atoms with van der Waals surface area (Å²) in [5.74, 6) is -0.879. The summed E-state index contributed by atoms with van der Waals surface area (Å²) in [4.78, 5) is 37.2. The number of aromatic hydroxyl groups is 1. The van der Waals surface area contributed by atoms with Gasteiger partial charge >= 0.3 is 5.63 Å². The Morgan fingerprint density at radius 2 is 1.88 bits per heavy atom. The van der Waals surface area contributed by atoms with Crippen molar-refractivity contribution < 1.29 is 24.0 Å². The van der Waals surface area contributed by atoms with Crippen molar-refractivity contribution >= 4 is 22.4 Å². The van der Waals surface area contributed by atoms with Crippen molar-refractivity contribution in [2.45, 2.75) is 32.6 Å². The molecule has 1 atom stereocenters. The zero-order valence-electron chi connectivity index (χ0n) is 17.4. The normalized spacial score (nSPS) is 19.3. The van der Waals surface area contributed by atoms with E-state index in [-0.39, 0.29) is 51.3 Å². The van der Waals surface area contributed by atoms with Crippen LogP contribution >= 0.6 is 0 Å². The molecule has 3 aromatic rings. The van der Waals surface area contributed by atoms with Gasteiger partial charge < -0.3 is 14.3 Å². The van der Waals surface area contributed by atoms with E-state index in [1.165, 1.54) is 18.2 Å². The number of benzene rings is 2. The molecule has 32 heavy (non-hydrogen) atoms. The molecule has 162 valence electrons. The molecule has 1 aliphatic heterocycles. The Morgan fingerprint density at radius 1 is 1.12 bits per heavy atom. The van der Waals surface area contributed by atoms with Crippen LogP contribution in [0.25, 0.3) is 11.0 Å². The number of hydrogen-bond acceptors (Lipinski definition) is 7. The van der Waals surface area contributed by atoms with Crippen LogP contribution < -0.4 is 10.4 Å². The average molecular weight is 433 g/mol. The van der Waals surface area contributed by atoms with E-state index >= 15 is 0 Å². The fourth-order valence-corrected chi connectivity index (χ4v) is 4.65. The number of para-hydroxylation sites is 1. The van der Waals surface area contributed by atoms with Crippen molar-refractivity contribution in [3.63, 3.8) is 0 Å². The molecule has 2 heterocycles. The average Bonchev–Trinajstić information content (AvgIpc) is 2.71. The quantitative estimate of drug-likeness (QED) is 0.357. The SMILES string of the molecule is CC1(C)CC(=O)C2=C(C1)Oc1ccc([N+](=O)[O-])cc1C2c1c(O)c2ccccc2oc1=O. The van der Waals surface area contributed by atoms with Gasteiger partial charge in [-0.2, -0.15) is 0 Å². The van der Waals surface area contributed by atoms with Crippen molar-refractivity contribution in [1.82, 2.24) is 0 Å². The van der Waals surface area contributed by atoms with E-state index < -0.39 is 16.5 Å². The largest absolute Gasteiger partial charge is 0.507 e. The van der Waals surface area contributed by atoms with Gasteiger partial charge in [0.1, 0.15) is 22.8 Å². The lowest BCUT2D eigenvalue weighted by atomic mass is 9.70. The number of non-ortho nitro benzene ring substituents is 1. The molecule has 8 nitrogen and oxygen atoms in total. The van der Waals surface area contributed by atoms with E-state index in [1.54, 1.807) is 24.3 Å². The first-order valence-corrected chi connectivity index (χ1v) is 10.1. The van der Waals surface area contributed by atoms with Gasteiger partial charge in [0.15, 0.2) is 5.78 Å². The molecule has 2 aromatic carbocycles. The molecular weight excluding hydrogens is 414 g/mol. The molecule has 0 saturated carbocycles. The minimum atomic E-state index is -1.04. The van der Waals surface area contributed by atoms with Crippen molar-refractivity contribution in [3.05, 3.63) is 85.5 Å². The van der Waals surface area contributed by atoms with Gasteiger partial charge in [-0.25, -0.2) is 4.79 Å². The maximum atomic E-state index is 13.3. The number of allylic oxidation sites excluding steroid dienone is 2. The molecule has 0 amide bonds. The van der Waals surface area contributed by atoms with Gasteiger partial charge in [-0.15, -0.1) is 0 Å². The number of nitrogens with zero attached hydrogens (tertiary/aromatic N) is 1. The molecule has 1 N–H and O–H groups in total. The van der Waals surface area contributed by atoms with E-state index in [0.29, 0.717) is 23.3 Å². The van der Waals surface area contributed by atoms with Crippen LogP contribution in [0.5, 0.6) is 11.5 Å². The van der Waals surface area contributed by atoms with Crippen molar-refractivity contribution in [2.24, 2.45) is 5.41 Å². The fourth-order valence-electron chi connectivity index (χ4n) is 4.65. The number of carbonyl (C=O) groups excluding carboxylic acids is 1. The van der Waals surface area contributed by atoms with Gasteiger partial charge in [0.05, 0.1) is 21.8 Å². The summed E-state index contributed by atoms with van der Waals surface area (Å²) in [7, 11) is 0. The molecule has 0 fully saturated rings. The van der Waals surface area contributed by atoms with Gasteiger partial charge in [-0.05, 0) is 23.6 Å². The van der Waals surface area contributed by atoms with Gasteiger partial charge in [0, 0.05) is 36.1 Å². The van der Waals surface area contributed by atoms with Crippen LogP contribution in [0, 0.1) is 15.5 Å². The second-order valence-electron chi connectivity index (χ2n) is 8.94. The van der Waals surface area contributed by atoms with Crippen LogP contribution in [0.4, 0.5) is 5.69 Å². The summed E-state index contributed by atoms with van der Waals surface area (Å²) in [6.45, 7) is 3.89. The number of fused-ring (bicyclic) bond motifs is 2. The highest BCUT2D eigenvalue weighted by Crippen LogP contribution is 2.51. The highest BCUT2D eigenvalue weighted by Gasteiger charge is 2.44. The summed E-state index contributed by atoms with van der Waals surface area (Å²) >= 11 is 0. The molecule has 1 aromatic heterocycles. The fraction of sp³-hybridized carbons (Fsp3) is 0.250. The summed E-state index contributed by atoms with van der Waals surface area (Å²) in [6, 6.07) is 10.6. The summed E-state index contributed by atoms with van der Waals surface area (Å²) in [5, 5.41) is 22.8. The molecule has 0 radical (unpaired) electrons. The molecule has 1 unspecified atom stereocenters. The lowest BCUT2D eigenvalue weighted by molar-refractivity contribution is -0.384. The first kappa shape index (κ1) is 20.0. The lowest BCUT2D eigenvalue weighted by Crippen LogP contribution is -2.34. The lowest BCUT2D eigenvalue weighted by Gasteiger charge is -2.38. The molecule has 1 aliphatic carbocycles. The maximum Gasteiger partial charge on any atom is 0.344 e. The first-order chi connectivity index (χ1) is 15.2. The Morgan fingerprint density at radius 3 is 2.62 bits per heavy atom. The van der Waals surface area contributed by atoms with E-state index in [1.807, 2.05) is 13.8 Å². The molecule has 5 rings (SSSR count). The number of carbonyl (C=O) groups is 1. The van der Waals surface area contributed by atoms with Gasteiger partial charge in [0.25, 0.3) is 5.69 Å². The van der Waals surface area contributed by atoms with Crippen LogP contribution in [0.2, 0.25) is 0 Å². The zero-order chi connectivity index (χ0) is 22.8. The van der Waals surface area contributed by atoms with Crippen molar-refractivity contribution in [1.29, 1.82) is 0 Å². The Labute approximate surface area is 181 Å². The van der Waals surface area contributed by atoms with E-state index in [2.05, 4.69) is 0 Å². The molecule has 2 aliphatic rings. The summed E-state index contributed by atoms with van der Waals surface area (Å²) in [6.07, 6.45) is 0.663. The van der Waals surface area contributed by atoms with Crippen LogP contribution in [-0.4, -0.2) is 15.8 Å². The van der Waals surface area contributed by atoms with Gasteiger partial charge in [-0.1, -0.05) is 26.0 Å². The Kier molecular flexibility index (Phi) is 4.24. The molecular formula is C24H19NO7. The summed E-state index contributed by atoms with van der Waals surface area (Å²) in [5.41, 5.74) is -0.803. The topological polar surface area (TPSA) is 120 Å². The predicted octanol–water partition coefficient (Wildman–Crippen LogP) is 4.57. The van der Waals surface area contributed by atoms with Gasteiger partial charge in [-0.3, -0.25) is 14.9 Å². The van der Waals surface area contributed by atoms with E-state index in [4.69, 9.17) is 9.15 Å². The number of rotatable bonds is 2. The number of hydrogen-bond donors (Lipinski definition) is 1. The zero-order valence-corrected chi connectivity index (χ0v) is 17.4. The third-order valence-electron chi connectivity index (χ3n) is 6.02. The second-order valence-corrected chi connectivity index (χ2v) is 8.94. The number of ether oxygens (including phenoxy) is 1. The highest BCUT2D eigenvalue weighted by atomic mass is 16.6. The number of Topliss-reactive ketones (excluding diaryl/α,β-unsaturated/α-hetero) is 1. The van der Waals surface area contributed by atoms with E-state index in [0.717, 1.165) is 0 Å². The third kappa shape index (κ3) is 2.98. The Bertz CT molecular complexity index is 1410. The molecule has 0 saturated heterocycles. The minimum absolute atomic E-state index is 0.130. The Hall–Kier alpha value is -3.94. The van der Waals surface area contributed by atoms with Crippen LogP contribution in [0.3, 0.4) is 0 Å².